The third-order valence-electron chi connectivity index (χ3n) is 28.9. The second-order valence-electron chi connectivity index (χ2n) is 40.3. The fraction of sp³-hybridized carbons (Fsp3) is 0.282. The number of hydrogen-bond acceptors (Lipinski definition) is 18. The van der Waals surface area contributed by atoms with Crippen LogP contribution in [0.3, 0.4) is 0 Å². The zero-order valence-electron chi connectivity index (χ0n) is 86.3. The molecule has 758 valence electrons. The number of amides is 1. The molecule has 0 heterocycles. The van der Waals surface area contributed by atoms with Crippen LogP contribution in [0.5, 0.6) is 0 Å². The minimum absolute atomic E-state index is 0.0219. The Labute approximate surface area is 873 Å². The molecular weight excluding hydrogens is 1840 g/mol. The lowest BCUT2D eigenvalue weighted by Crippen LogP contribution is -2.36. The molecule has 11 N–H and O–H groups in total. The molecule has 19 nitrogen and oxygen atoms in total. The number of rotatable bonds is 49. The summed E-state index contributed by atoms with van der Waals surface area (Å²) in [5.74, 6) is 0.204. The summed E-state index contributed by atoms with van der Waals surface area (Å²) in [4.78, 5) is 48.7. The van der Waals surface area contributed by atoms with Crippen LogP contribution in [0.15, 0.2) is 322 Å². The van der Waals surface area contributed by atoms with Crippen molar-refractivity contribution in [1.29, 1.82) is 0 Å². The molecule has 148 heavy (non-hydrogen) atoms. The molecule has 0 saturated carbocycles. The fourth-order valence-corrected chi connectivity index (χ4v) is 20.8. The van der Waals surface area contributed by atoms with Gasteiger partial charge in [0.05, 0.1) is 0 Å². The summed E-state index contributed by atoms with van der Waals surface area (Å²) in [6.07, 6.45) is 12.2. The Morgan fingerprint density at radius 3 is 0.892 bits per heavy atom. The van der Waals surface area contributed by atoms with Crippen molar-refractivity contribution in [3.63, 3.8) is 0 Å². The average Bonchev–Trinajstić information content (AvgIpc) is 0.739. The molecule has 0 aliphatic rings. The molecule has 0 bridgehead atoms. The van der Waals surface area contributed by atoms with Gasteiger partial charge in [-0.25, -0.2) is 0 Å². The van der Waals surface area contributed by atoms with E-state index in [1.165, 1.54) is 60.1 Å². The molecule has 0 aliphatic carbocycles. The smallest absolute Gasteiger partial charge is 0.423 e. The molecule has 0 aromatic heterocycles. The van der Waals surface area contributed by atoms with Crippen LogP contribution in [0.1, 0.15) is 192 Å². The first-order chi connectivity index (χ1) is 71.7. The molecule has 1 amide bonds. The summed E-state index contributed by atoms with van der Waals surface area (Å²) >= 11 is 0. The van der Waals surface area contributed by atoms with Crippen LogP contribution in [0.25, 0.3) is 75.4 Å². The molecule has 0 unspecified atom stereocenters. The third-order valence-corrected chi connectivity index (χ3v) is 28.9. The first-order valence-corrected chi connectivity index (χ1v) is 52.5. The van der Waals surface area contributed by atoms with Gasteiger partial charge in [-0.1, -0.05) is 361 Å². The zero-order valence-corrected chi connectivity index (χ0v) is 86.3. The van der Waals surface area contributed by atoms with Crippen LogP contribution in [0, 0.1) is 19.8 Å². The standard InChI is InChI=1S/2C45H50B2N2O5.C34H39BN2O3/c2*1-33-19-21-35(22-20-33)29-48(30-39-14-6-9-17-44(39)46(51)52)25-11-3-4-12-26-49(31-40-15-7-10-18-45(40)47(53)54)32-43-41-16-8-5-13-37(41)27-38-24-23-36(34(2)50)28-42(38)43;1-24(2)34(38)36-20-7-3-4-8-21-37(23-29-10-5-6-13-31(29)35(39)40)22-28-17-16-27-15-14-25-11-9-12-26-18-19-30(28)33(27)32(25)26/h2*5-10,13-24,27-28,51-54H,3-4,11-12,25-26,29-32H2,1-2H3;5-6,9-19,24,39-40H,3-4,7-8,20-23H2,1-2H3,(H,36,38). The number of benzene rings is 17. The van der Waals surface area contributed by atoms with Gasteiger partial charge in [-0.15, -0.1) is 0 Å². The number of nitrogens with zero attached hydrogens (tertiary/aromatic N) is 5. The van der Waals surface area contributed by atoms with E-state index in [2.05, 4.69) is 207 Å². The lowest BCUT2D eigenvalue weighted by Gasteiger charge is -2.26. The van der Waals surface area contributed by atoms with Gasteiger partial charge >= 0.3 is 35.6 Å². The van der Waals surface area contributed by atoms with Crippen LogP contribution in [-0.4, -0.2) is 167 Å². The minimum atomic E-state index is -1.56. The van der Waals surface area contributed by atoms with Gasteiger partial charge in [0.1, 0.15) is 0 Å². The molecule has 0 saturated heterocycles. The van der Waals surface area contributed by atoms with Gasteiger partial charge < -0.3 is 55.6 Å². The van der Waals surface area contributed by atoms with Crippen LogP contribution in [0.4, 0.5) is 0 Å². The minimum Gasteiger partial charge on any atom is -0.423 e. The zero-order chi connectivity index (χ0) is 104. The molecule has 0 atom stereocenters. The van der Waals surface area contributed by atoms with E-state index in [0.29, 0.717) is 84.3 Å². The highest BCUT2D eigenvalue weighted by molar-refractivity contribution is 6.61. The summed E-state index contributed by atoms with van der Waals surface area (Å²) in [6.45, 7) is 22.7. The van der Waals surface area contributed by atoms with Crippen molar-refractivity contribution in [3.8, 4) is 0 Å². The summed E-state index contributed by atoms with van der Waals surface area (Å²) in [7, 11) is -7.64. The van der Waals surface area contributed by atoms with Gasteiger partial charge in [-0.3, -0.25) is 38.9 Å². The van der Waals surface area contributed by atoms with Crippen molar-refractivity contribution >= 4 is 156 Å². The molecule has 17 aromatic carbocycles. The van der Waals surface area contributed by atoms with Gasteiger partial charge in [0, 0.05) is 89.0 Å². The van der Waals surface area contributed by atoms with E-state index in [-0.39, 0.29) is 23.4 Å². The van der Waals surface area contributed by atoms with Gasteiger partial charge in [-0.05, 0) is 282 Å². The van der Waals surface area contributed by atoms with E-state index >= 15 is 0 Å². The lowest BCUT2D eigenvalue weighted by molar-refractivity contribution is -0.124. The molecule has 17 aromatic rings. The first-order valence-electron chi connectivity index (χ1n) is 52.5. The Bertz CT molecular complexity index is 6950. The number of carbonyl (C=O) groups is 3. The lowest BCUT2D eigenvalue weighted by atomic mass is 9.77. The van der Waals surface area contributed by atoms with Crippen LogP contribution < -0.4 is 32.6 Å². The van der Waals surface area contributed by atoms with Crippen molar-refractivity contribution in [2.75, 3.05) is 39.3 Å². The number of unbranched alkanes of at least 4 members (excludes halogenated alkanes) is 9. The molecule has 24 heteroatoms. The maximum atomic E-state index is 12.5. The van der Waals surface area contributed by atoms with Gasteiger partial charge in [0.25, 0.3) is 0 Å². The Morgan fingerprint density at radius 2 is 0.541 bits per heavy atom. The van der Waals surface area contributed by atoms with Crippen molar-refractivity contribution in [2.45, 2.75) is 184 Å². The molecule has 17 rings (SSSR count). The number of aryl methyl sites for hydroxylation is 2. The van der Waals surface area contributed by atoms with Crippen LogP contribution in [0.2, 0.25) is 0 Å². The van der Waals surface area contributed by atoms with Crippen molar-refractivity contribution in [3.05, 3.63) is 399 Å². The predicted molar refractivity (Wildman–Crippen MR) is 611 cm³/mol. The molecule has 0 fully saturated rings. The largest absolute Gasteiger partial charge is 0.488 e. The highest BCUT2D eigenvalue weighted by Crippen LogP contribution is 2.39. The Kier molecular flexibility index (Phi) is 40.0. The predicted octanol–water partition coefficient (Wildman–Crippen LogP) is 17.9. The monoisotopic (exact) mass is 1980 g/mol. The normalized spacial score (nSPS) is 11.6. The van der Waals surface area contributed by atoms with E-state index in [4.69, 9.17) is 0 Å². The maximum Gasteiger partial charge on any atom is 0.488 e. The number of Topliss-reactive ketones (excluding diaryl/α,β-unsaturated/α-hetero) is 2. The SMILES string of the molecule is CC(=O)c1ccc2cc3ccccc3c(CN(CCCCCCN(Cc3ccc(C)cc3)Cc3ccccc3B(O)O)Cc3ccccc3B(O)O)c2c1.CC(=O)c1ccc2cc3ccccc3c(CN(CCCCCCN(Cc3ccc(C)cc3)Cc3ccccc3B(O)O)Cc3ccccc3B(O)O)c2c1.CC(C)C(=O)NCCCCCCN(Cc1ccccc1B(O)O)Cc1ccc2ccc3cccc4ccc1c2c34. The van der Waals surface area contributed by atoms with Crippen molar-refractivity contribution in [2.24, 2.45) is 5.92 Å². The second kappa shape index (κ2) is 54.0. The van der Waals surface area contributed by atoms with E-state index < -0.39 is 35.6 Å². The summed E-state index contributed by atoms with van der Waals surface area (Å²) in [6, 6.07) is 108. The van der Waals surface area contributed by atoms with E-state index in [1.807, 2.05) is 141 Å². The van der Waals surface area contributed by atoms with Crippen LogP contribution in [-0.2, 0) is 70.2 Å². The van der Waals surface area contributed by atoms with Gasteiger partial charge in [0.15, 0.2) is 11.6 Å². The fourth-order valence-electron chi connectivity index (χ4n) is 20.8. The Balaban J connectivity index is 0.000000168. The van der Waals surface area contributed by atoms with E-state index in [1.54, 1.807) is 44.2 Å². The summed E-state index contributed by atoms with van der Waals surface area (Å²) < 4.78 is 0. The van der Waals surface area contributed by atoms with Gasteiger partial charge in [-0.2, -0.15) is 0 Å². The number of hydrogen-bond donors (Lipinski definition) is 11. The topological polar surface area (TPSA) is 282 Å². The maximum absolute atomic E-state index is 12.5. The highest BCUT2D eigenvalue weighted by Gasteiger charge is 2.27. The molecule has 0 aliphatic heterocycles. The highest BCUT2D eigenvalue weighted by atomic mass is 16.4. The molecule has 0 radical (unpaired) electrons. The summed E-state index contributed by atoms with van der Waals surface area (Å²) in [5.41, 5.74) is 17.0. The van der Waals surface area contributed by atoms with E-state index in [9.17, 15) is 64.6 Å². The quantitative estimate of drug-likeness (QED) is 0.00556. The summed E-state index contributed by atoms with van der Waals surface area (Å²) in [5, 5.41) is 120. The third kappa shape index (κ3) is 29.9. The number of ketones is 2. The number of nitrogens with one attached hydrogen (secondary N) is 1. The Hall–Kier alpha value is -12.6. The van der Waals surface area contributed by atoms with Crippen molar-refractivity contribution < 1.29 is 64.6 Å². The first kappa shape index (κ1) is 110. The second-order valence-corrected chi connectivity index (χ2v) is 40.3. The number of carbonyl (C=O) groups excluding carboxylic acids is 3. The average molecular weight is 1980 g/mol. The molecular formula is C124H139B5N6O13. The van der Waals surface area contributed by atoms with Gasteiger partial charge in [0.2, 0.25) is 5.91 Å². The Morgan fingerprint density at radius 1 is 0.257 bits per heavy atom. The van der Waals surface area contributed by atoms with Crippen LogP contribution >= 0.6 is 0 Å². The number of fused-ring (bicyclic) bond motifs is 4. The van der Waals surface area contributed by atoms with Crippen molar-refractivity contribution in [1.82, 2.24) is 29.8 Å². The molecule has 0 spiro atoms. The van der Waals surface area contributed by atoms with E-state index in [0.717, 1.165) is 218 Å².